The Labute approximate surface area is 119 Å². The van der Waals surface area contributed by atoms with E-state index < -0.39 is 29.4 Å². The summed E-state index contributed by atoms with van der Waals surface area (Å²) in [6.07, 6.45) is 1.97. The van der Waals surface area contributed by atoms with Crippen LogP contribution in [0, 0.1) is 17.5 Å². The smallest absolute Gasteiger partial charge is 0.254 e. The number of piperidine rings is 1. The minimum atomic E-state index is -1.62. The van der Waals surface area contributed by atoms with Crippen LogP contribution in [-0.2, 0) is 4.79 Å². The minimum Gasteiger partial charge on any atom is -0.357 e. The highest BCUT2D eigenvalue weighted by atomic mass is 19.2. The van der Waals surface area contributed by atoms with Gasteiger partial charge in [-0.15, -0.1) is 0 Å². The minimum absolute atomic E-state index is 0.304. The van der Waals surface area contributed by atoms with Gasteiger partial charge in [0.15, 0.2) is 17.5 Å². The third kappa shape index (κ3) is 3.01. The molecule has 4 nitrogen and oxygen atoms in total. The van der Waals surface area contributed by atoms with Crippen molar-refractivity contribution in [3.05, 3.63) is 35.1 Å². The Morgan fingerprint density at radius 1 is 1.19 bits per heavy atom. The Kier molecular flexibility index (Phi) is 4.50. The summed E-state index contributed by atoms with van der Waals surface area (Å²) < 4.78 is 39.4. The van der Waals surface area contributed by atoms with Crippen molar-refractivity contribution in [3.63, 3.8) is 0 Å². The van der Waals surface area contributed by atoms with Crippen LogP contribution in [0.2, 0.25) is 0 Å². The molecule has 1 fully saturated rings. The molecule has 0 aliphatic carbocycles. The molecule has 7 heteroatoms. The van der Waals surface area contributed by atoms with Gasteiger partial charge in [0, 0.05) is 19.2 Å². The van der Waals surface area contributed by atoms with E-state index in [1.807, 2.05) is 0 Å². The molecule has 21 heavy (non-hydrogen) atoms. The third-order valence-corrected chi connectivity index (χ3v) is 3.54. The number of likely N-dealkylation sites (N-methyl/N-ethyl adjacent to an activating group) is 1. The predicted molar refractivity (Wildman–Crippen MR) is 69.1 cm³/mol. The first kappa shape index (κ1) is 15.3. The van der Waals surface area contributed by atoms with Gasteiger partial charge in [-0.25, -0.2) is 13.2 Å². The lowest BCUT2D eigenvalue weighted by Crippen LogP contribution is -2.51. The fraction of sp³-hybridized carbons (Fsp3) is 0.429. The van der Waals surface area contributed by atoms with Crippen molar-refractivity contribution in [1.29, 1.82) is 0 Å². The van der Waals surface area contributed by atoms with Crippen LogP contribution >= 0.6 is 0 Å². The van der Waals surface area contributed by atoms with Crippen LogP contribution in [0.15, 0.2) is 12.1 Å². The molecular formula is C14H15F3N2O2. The van der Waals surface area contributed by atoms with Gasteiger partial charge in [0.1, 0.15) is 6.04 Å². The molecule has 2 amide bonds. The van der Waals surface area contributed by atoms with E-state index in [1.54, 1.807) is 0 Å². The van der Waals surface area contributed by atoms with Crippen LogP contribution in [0.4, 0.5) is 13.2 Å². The Morgan fingerprint density at radius 3 is 2.38 bits per heavy atom. The number of rotatable bonds is 2. The molecule has 0 bridgehead atoms. The van der Waals surface area contributed by atoms with Crippen LogP contribution in [0.5, 0.6) is 0 Å². The van der Waals surface area contributed by atoms with Gasteiger partial charge in [0.2, 0.25) is 5.91 Å². The average molecular weight is 300 g/mol. The number of likely N-dealkylation sites (tertiary alicyclic amines) is 1. The number of hydrogen-bond donors (Lipinski definition) is 1. The van der Waals surface area contributed by atoms with Gasteiger partial charge in [-0.1, -0.05) is 0 Å². The Bertz CT molecular complexity index is 554. The van der Waals surface area contributed by atoms with Gasteiger partial charge in [-0.2, -0.15) is 0 Å². The molecule has 0 aromatic heterocycles. The molecule has 1 aromatic rings. The number of amides is 2. The molecule has 1 aliphatic rings. The van der Waals surface area contributed by atoms with Crippen molar-refractivity contribution >= 4 is 11.8 Å². The van der Waals surface area contributed by atoms with E-state index in [9.17, 15) is 22.8 Å². The summed E-state index contributed by atoms with van der Waals surface area (Å²) in [5.74, 6) is -5.47. The molecule has 114 valence electrons. The average Bonchev–Trinajstić information content (AvgIpc) is 2.50. The fourth-order valence-corrected chi connectivity index (χ4v) is 2.46. The number of nitrogens with one attached hydrogen (secondary N) is 1. The maximum atomic E-state index is 13.2. The molecule has 1 unspecified atom stereocenters. The van der Waals surface area contributed by atoms with Crippen LogP contribution in [0.1, 0.15) is 29.6 Å². The Morgan fingerprint density at radius 2 is 1.81 bits per heavy atom. The van der Waals surface area contributed by atoms with Gasteiger partial charge >= 0.3 is 0 Å². The lowest BCUT2D eigenvalue weighted by atomic mass is 10.00. The summed E-state index contributed by atoms with van der Waals surface area (Å²) in [4.78, 5) is 25.4. The molecular weight excluding hydrogens is 285 g/mol. The number of benzene rings is 1. The highest BCUT2D eigenvalue weighted by Crippen LogP contribution is 2.22. The van der Waals surface area contributed by atoms with Crippen LogP contribution in [0.3, 0.4) is 0 Å². The number of nitrogens with zero attached hydrogens (tertiary/aromatic N) is 1. The number of carbonyl (C=O) groups is 2. The van der Waals surface area contributed by atoms with Gasteiger partial charge < -0.3 is 10.2 Å². The van der Waals surface area contributed by atoms with Gasteiger partial charge in [-0.05, 0) is 31.4 Å². The van der Waals surface area contributed by atoms with E-state index >= 15 is 0 Å². The summed E-state index contributed by atoms with van der Waals surface area (Å²) in [5, 5.41) is 2.46. The van der Waals surface area contributed by atoms with E-state index in [0.29, 0.717) is 31.5 Å². The van der Waals surface area contributed by atoms with E-state index in [4.69, 9.17) is 0 Å². The van der Waals surface area contributed by atoms with E-state index in [2.05, 4.69) is 5.32 Å². The zero-order valence-corrected chi connectivity index (χ0v) is 11.5. The van der Waals surface area contributed by atoms with Crippen molar-refractivity contribution in [2.24, 2.45) is 0 Å². The highest BCUT2D eigenvalue weighted by molar-refractivity contribution is 5.97. The monoisotopic (exact) mass is 300 g/mol. The Balaban J connectivity index is 2.31. The largest absolute Gasteiger partial charge is 0.357 e. The summed E-state index contributed by atoms with van der Waals surface area (Å²) in [6.45, 7) is 0.317. The SMILES string of the molecule is CNC(=O)C1CCCCN1C(=O)c1cc(F)c(F)c(F)c1. The first-order valence-corrected chi connectivity index (χ1v) is 6.62. The molecule has 0 spiro atoms. The molecule has 1 atom stereocenters. The van der Waals surface area contributed by atoms with E-state index in [0.717, 1.165) is 6.42 Å². The second-order valence-electron chi connectivity index (χ2n) is 4.88. The quantitative estimate of drug-likeness (QED) is 0.847. The summed E-state index contributed by atoms with van der Waals surface area (Å²) in [7, 11) is 1.46. The van der Waals surface area contributed by atoms with Crippen LogP contribution < -0.4 is 5.32 Å². The van der Waals surface area contributed by atoms with Crippen molar-refractivity contribution < 1.29 is 22.8 Å². The third-order valence-electron chi connectivity index (χ3n) is 3.54. The molecule has 1 saturated heterocycles. The number of hydrogen-bond acceptors (Lipinski definition) is 2. The standard InChI is InChI=1S/C14H15F3N2O2/c1-18-13(20)11-4-2-3-5-19(11)14(21)8-6-9(15)12(17)10(16)7-8/h6-7,11H,2-5H2,1H3,(H,18,20). The Hall–Kier alpha value is -2.05. The predicted octanol–water partition coefficient (Wildman–Crippen LogP) is 1.84. The lowest BCUT2D eigenvalue weighted by Gasteiger charge is -2.34. The molecule has 0 saturated carbocycles. The topological polar surface area (TPSA) is 49.4 Å². The summed E-state index contributed by atoms with van der Waals surface area (Å²) in [6, 6.07) is 0.624. The van der Waals surface area contributed by atoms with Crippen molar-refractivity contribution in [2.75, 3.05) is 13.6 Å². The van der Waals surface area contributed by atoms with E-state index in [1.165, 1.54) is 11.9 Å². The molecule has 1 N–H and O–H groups in total. The lowest BCUT2D eigenvalue weighted by molar-refractivity contribution is -0.126. The molecule has 0 radical (unpaired) electrons. The zero-order valence-electron chi connectivity index (χ0n) is 11.5. The highest BCUT2D eigenvalue weighted by Gasteiger charge is 2.32. The maximum absolute atomic E-state index is 13.2. The van der Waals surface area contributed by atoms with Crippen LogP contribution in [-0.4, -0.2) is 36.3 Å². The summed E-state index contributed by atoms with van der Waals surface area (Å²) >= 11 is 0. The van der Waals surface area contributed by atoms with Gasteiger partial charge in [0.25, 0.3) is 5.91 Å². The van der Waals surface area contributed by atoms with Crippen molar-refractivity contribution in [3.8, 4) is 0 Å². The molecule has 2 rings (SSSR count). The van der Waals surface area contributed by atoms with Crippen molar-refractivity contribution in [2.45, 2.75) is 25.3 Å². The maximum Gasteiger partial charge on any atom is 0.254 e. The van der Waals surface area contributed by atoms with Gasteiger partial charge in [-0.3, -0.25) is 9.59 Å². The molecule has 1 heterocycles. The van der Waals surface area contributed by atoms with Crippen LogP contribution in [0.25, 0.3) is 0 Å². The molecule has 1 aromatic carbocycles. The van der Waals surface area contributed by atoms with Crippen molar-refractivity contribution in [1.82, 2.24) is 10.2 Å². The zero-order chi connectivity index (χ0) is 15.6. The van der Waals surface area contributed by atoms with E-state index in [-0.39, 0.29) is 11.5 Å². The number of halogens is 3. The fourth-order valence-electron chi connectivity index (χ4n) is 2.46. The van der Waals surface area contributed by atoms with Gasteiger partial charge in [0.05, 0.1) is 0 Å². The second kappa shape index (κ2) is 6.15. The molecule has 1 aliphatic heterocycles. The normalized spacial score (nSPS) is 18.5. The first-order valence-electron chi connectivity index (χ1n) is 6.62. The summed E-state index contributed by atoms with van der Waals surface area (Å²) in [5.41, 5.74) is -0.304. The second-order valence-corrected chi connectivity index (χ2v) is 4.88. The number of carbonyl (C=O) groups excluding carboxylic acids is 2. The first-order chi connectivity index (χ1) is 9.95.